The van der Waals surface area contributed by atoms with Crippen LogP contribution in [0.1, 0.15) is 43.3 Å². The number of methoxy groups -OCH3 is 1. The molecule has 0 spiro atoms. The summed E-state index contributed by atoms with van der Waals surface area (Å²) in [6.07, 6.45) is 2.18. The molecule has 0 bridgehead atoms. The largest absolute Gasteiger partial charge is 0.496 e. The molecule has 1 fully saturated rings. The smallest absolute Gasteiger partial charge is 0.341 e. The maximum Gasteiger partial charge on any atom is 0.341 e. The van der Waals surface area contributed by atoms with Gasteiger partial charge in [-0.3, -0.25) is 10.2 Å². The second-order valence-corrected chi connectivity index (χ2v) is 8.68. The number of nitrogens with zero attached hydrogens (tertiary/aromatic N) is 1. The molecule has 1 aliphatic rings. The fraction of sp³-hybridized carbons (Fsp3) is 0.381. The first-order chi connectivity index (χ1) is 14.5. The number of rotatable bonds is 8. The van der Waals surface area contributed by atoms with Crippen molar-refractivity contribution in [2.45, 2.75) is 17.3 Å². The monoisotopic (exact) mass is 541 g/mol. The zero-order valence-electron chi connectivity index (χ0n) is 16.7. The van der Waals surface area contributed by atoms with Gasteiger partial charge in [-0.15, -0.1) is 11.3 Å². The molecule has 2 N–H and O–H groups in total. The Balaban J connectivity index is 1.53. The van der Waals surface area contributed by atoms with Crippen molar-refractivity contribution in [1.82, 2.24) is 10.2 Å². The highest BCUT2D eigenvalue weighted by Gasteiger charge is 2.20. The molecule has 1 amide bonds. The number of carbonyl (C=O) groups excluding carboxylic acids is 2. The van der Waals surface area contributed by atoms with Crippen molar-refractivity contribution in [3.63, 3.8) is 0 Å². The molecule has 1 aromatic carbocycles. The molecule has 1 aromatic heterocycles. The number of amidine groups is 1. The fourth-order valence-electron chi connectivity index (χ4n) is 3.18. The zero-order chi connectivity index (χ0) is 21.5. The number of ether oxygens (including phenoxy) is 2. The van der Waals surface area contributed by atoms with Crippen LogP contribution in [0, 0.1) is 5.41 Å². The van der Waals surface area contributed by atoms with Gasteiger partial charge in [0.25, 0.3) is 5.91 Å². The third kappa shape index (κ3) is 5.51. The van der Waals surface area contributed by atoms with Crippen LogP contribution < -0.4 is 10.1 Å². The van der Waals surface area contributed by atoms with Crippen LogP contribution in [0.2, 0.25) is 0 Å². The van der Waals surface area contributed by atoms with Crippen molar-refractivity contribution in [1.29, 1.82) is 5.41 Å². The van der Waals surface area contributed by atoms with E-state index in [1.165, 1.54) is 18.4 Å². The predicted octanol–water partition coefficient (Wildman–Crippen LogP) is 3.70. The third-order valence-corrected chi connectivity index (χ3v) is 7.18. The first-order valence-corrected chi connectivity index (χ1v) is 12.0. The van der Waals surface area contributed by atoms with Gasteiger partial charge >= 0.3 is 5.97 Å². The number of halogens is 1. The van der Waals surface area contributed by atoms with Crippen molar-refractivity contribution >= 4 is 51.6 Å². The Morgan fingerprint density at radius 2 is 2.00 bits per heavy atom. The van der Waals surface area contributed by atoms with Gasteiger partial charge in [0.1, 0.15) is 23.8 Å². The number of nitrogens with one attached hydrogen (secondary N) is 2. The predicted molar refractivity (Wildman–Crippen MR) is 125 cm³/mol. The molecule has 2 heterocycles. The molecular weight excluding hydrogens is 517 g/mol. The summed E-state index contributed by atoms with van der Waals surface area (Å²) in [4.78, 5) is 28.4. The van der Waals surface area contributed by atoms with Crippen LogP contribution >= 0.6 is 33.9 Å². The topological polar surface area (TPSA) is 91.7 Å². The molecule has 1 saturated heterocycles. The Morgan fingerprint density at radius 3 is 2.67 bits per heavy atom. The summed E-state index contributed by atoms with van der Waals surface area (Å²) < 4.78 is 11.5. The number of carbonyl (C=O) groups is 2. The molecule has 1 aliphatic heterocycles. The molecule has 30 heavy (non-hydrogen) atoms. The van der Waals surface area contributed by atoms with E-state index in [0.29, 0.717) is 27.6 Å². The van der Waals surface area contributed by atoms with E-state index in [2.05, 4.69) is 27.9 Å². The van der Waals surface area contributed by atoms with Gasteiger partial charge in [-0.2, -0.15) is 0 Å². The number of esters is 1. The van der Waals surface area contributed by atoms with E-state index < -0.39 is 5.97 Å². The van der Waals surface area contributed by atoms with E-state index in [0.717, 1.165) is 35.2 Å². The lowest BCUT2D eigenvalue weighted by Gasteiger charge is -2.19. The van der Waals surface area contributed by atoms with Crippen molar-refractivity contribution in [3.05, 3.63) is 51.2 Å². The van der Waals surface area contributed by atoms with Gasteiger partial charge in [0, 0.05) is 28.0 Å². The molecule has 9 heteroatoms. The lowest BCUT2D eigenvalue weighted by molar-refractivity contribution is 0.0499. The molecule has 7 nitrogen and oxygen atoms in total. The highest BCUT2D eigenvalue weighted by Crippen LogP contribution is 2.23. The van der Waals surface area contributed by atoms with E-state index in [-0.39, 0.29) is 19.1 Å². The third-order valence-electron chi connectivity index (χ3n) is 4.76. The Hall–Kier alpha value is -2.14. The van der Waals surface area contributed by atoms with Crippen LogP contribution in [0.5, 0.6) is 5.75 Å². The number of hydrogen-bond donors (Lipinski definition) is 2. The fourth-order valence-corrected chi connectivity index (χ4v) is 4.67. The Kier molecular flexibility index (Phi) is 8.08. The van der Waals surface area contributed by atoms with Crippen molar-refractivity contribution < 1.29 is 19.1 Å². The number of hydrogen-bond acceptors (Lipinski definition) is 6. The molecule has 0 radical (unpaired) electrons. The van der Waals surface area contributed by atoms with Gasteiger partial charge in [-0.25, -0.2) is 4.79 Å². The average Bonchev–Trinajstić information content (AvgIpc) is 3.47. The summed E-state index contributed by atoms with van der Waals surface area (Å²) in [5.41, 5.74) is 1.01. The summed E-state index contributed by atoms with van der Waals surface area (Å²) in [5, 5.41) is 11.1. The minimum atomic E-state index is -0.524. The van der Waals surface area contributed by atoms with Gasteiger partial charge in [0.15, 0.2) is 0 Å². The van der Waals surface area contributed by atoms with Crippen LogP contribution in [-0.4, -0.2) is 56.0 Å². The number of benzene rings is 1. The zero-order valence-corrected chi connectivity index (χ0v) is 19.7. The molecule has 2 aromatic rings. The first kappa shape index (κ1) is 22.5. The van der Waals surface area contributed by atoms with Gasteiger partial charge < -0.3 is 19.7 Å². The van der Waals surface area contributed by atoms with Gasteiger partial charge in [-0.1, -0.05) is 28.7 Å². The molecule has 0 atom stereocenters. The van der Waals surface area contributed by atoms with Crippen LogP contribution in [0.4, 0.5) is 0 Å². The van der Waals surface area contributed by atoms with Crippen LogP contribution in [0.15, 0.2) is 30.3 Å². The summed E-state index contributed by atoms with van der Waals surface area (Å²) in [5.74, 6) is 0.112. The molecule has 0 unspecified atom stereocenters. The van der Waals surface area contributed by atoms with E-state index in [9.17, 15) is 9.59 Å². The number of amides is 1. The molecule has 0 aliphatic carbocycles. The van der Waals surface area contributed by atoms with Crippen molar-refractivity contribution in [3.8, 4) is 5.75 Å². The van der Waals surface area contributed by atoms with E-state index in [4.69, 9.17) is 14.9 Å². The van der Waals surface area contributed by atoms with Gasteiger partial charge in [-0.05, 0) is 37.1 Å². The minimum absolute atomic E-state index is 0.0591. The first-order valence-electron chi connectivity index (χ1n) is 9.65. The van der Waals surface area contributed by atoms with Gasteiger partial charge in [0.05, 0.1) is 18.5 Å². The highest BCUT2D eigenvalue weighted by molar-refractivity contribution is 14.1. The summed E-state index contributed by atoms with van der Waals surface area (Å²) in [7, 11) is 1.49. The summed E-state index contributed by atoms with van der Waals surface area (Å²) in [6.45, 7) is 2.04. The Bertz CT molecular complexity index is 925. The summed E-state index contributed by atoms with van der Waals surface area (Å²) >= 11 is 3.71. The molecule has 3 rings (SSSR count). The minimum Gasteiger partial charge on any atom is -0.496 e. The lowest BCUT2D eigenvalue weighted by Crippen LogP contribution is -2.28. The van der Waals surface area contributed by atoms with Gasteiger partial charge in [0.2, 0.25) is 0 Å². The van der Waals surface area contributed by atoms with Crippen molar-refractivity contribution in [2.24, 2.45) is 0 Å². The Morgan fingerprint density at radius 1 is 1.23 bits per heavy atom. The van der Waals surface area contributed by atoms with Crippen LogP contribution in [0.3, 0.4) is 0 Å². The number of alkyl halides is 1. The second-order valence-electron chi connectivity index (χ2n) is 6.75. The molecule has 160 valence electrons. The second kappa shape index (κ2) is 10.8. The number of thiophene rings is 1. The normalized spacial score (nSPS) is 13.2. The molecule has 0 saturated carbocycles. The maximum atomic E-state index is 12.4. The van der Waals surface area contributed by atoms with E-state index in [1.807, 2.05) is 11.0 Å². The SMILES string of the molecule is COc1cc(C(=N)N2CCCC2)ccc1C(=O)OCCNC(=O)c1ccc(CI)s1. The van der Waals surface area contributed by atoms with Crippen LogP contribution in [-0.2, 0) is 9.16 Å². The molecular formula is C21H24IN3O4S. The van der Waals surface area contributed by atoms with Crippen molar-refractivity contribution in [2.75, 3.05) is 33.4 Å². The van der Waals surface area contributed by atoms with E-state index in [1.54, 1.807) is 24.3 Å². The summed E-state index contributed by atoms with van der Waals surface area (Å²) in [6, 6.07) is 8.79. The Labute approximate surface area is 193 Å². The number of likely N-dealkylation sites (tertiary alicyclic amines) is 1. The highest BCUT2D eigenvalue weighted by atomic mass is 127. The maximum absolute atomic E-state index is 12.4. The average molecular weight is 541 g/mol. The quantitative estimate of drug-likeness (QED) is 0.133. The lowest BCUT2D eigenvalue weighted by atomic mass is 10.1. The standard InChI is InChI=1S/C21H24IN3O4S/c1-28-17-12-14(19(23)25-9-2-3-10-25)4-6-16(17)21(27)29-11-8-24-20(26)18-7-5-15(13-22)30-18/h4-7,12,23H,2-3,8-11,13H2,1H3,(H,24,26). The van der Waals surface area contributed by atoms with Crippen LogP contribution in [0.25, 0.3) is 0 Å². The van der Waals surface area contributed by atoms with E-state index >= 15 is 0 Å².